The summed E-state index contributed by atoms with van der Waals surface area (Å²) in [7, 11) is 0. The van der Waals surface area contributed by atoms with E-state index in [0.29, 0.717) is 6.61 Å². The van der Waals surface area contributed by atoms with Crippen molar-refractivity contribution in [3.8, 4) is 0 Å². The maximum Gasteiger partial charge on any atom is 0.151 e. The Morgan fingerprint density at radius 3 is 1.89 bits per heavy atom. The number of halogens is 2. The van der Waals surface area contributed by atoms with E-state index in [2.05, 4.69) is 4.74 Å². The van der Waals surface area contributed by atoms with E-state index in [9.17, 15) is 0 Å². The lowest BCUT2D eigenvalue weighted by molar-refractivity contribution is -0.0800. The van der Waals surface area contributed by atoms with E-state index in [1.165, 1.54) is 0 Å². The summed E-state index contributed by atoms with van der Waals surface area (Å²) in [5.41, 5.74) is 0. The van der Waals surface area contributed by atoms with Gasteiger partial charge in [0.25, 0.3) is 0 Å². The van der Waals surface area contributed by atoms with Crippen molar-refractivity contribution < 1.29 is 9.84 Å². The summed E-state index contributed by atoms with van der Waals surface area (Å²) in [5.74, 6) is 0. The Morgan fingerprint density at radius 1 is 1.56 bits per heavy atom. The average molecular weight is 175 g/mol. The Morgan fingerprint density at radius 2 is 1.89 bits per heavy atom. The first-order chi connectivity index (χ1) is 4.18. The zero-order chi connectivity index (χ0) is 7.70. The summed E-state index contributed by atoms with van der Waals surface area (Å²) in [6.45, 7) is 4.01. The van der Waals surface area contributed by atoms with Crippen molar-refractivity contribution in [1.82, 2.24) is 0 Å². The monoisotopic (exact) mass is 174 g/mol. The van der Waals surface area contributed by atoms with E-state index in [-0.39, 0.29) is 5.34 Å². The third-order valence-corrected chi connectivity index (χ3v) is 0.408. The quantitative estimate of drug-likeness (QED) is 0.512. The smallest absolute Gasteiger partial charge is 0.151 e. The van der Waals surface area contributed by atoms with Gasteiger partial charge in [0, 0.05) is 6.61 Å². The van der Waals surface area contributed by atoms with E-state index in [0.717, 1.165) is 0 Å². The minimum absolute atomic E-state index is 0.194. The number of hydrogen-bond donors (Lipinski definition) is 1. The fourth-order valence-corrected chi connectivity index (χ4v) is 0.241. The molecule has 0 saturated heterocycles. The van der Waals surface area contributed by atoms with Gasteiger partial charge in [0.05, 0.1) is 5.34 Å². The summed E-state index contributed by atoms with van der Waals surface area (Å²) in [6.07, 6.45) is -0.602. The van der Waals surface area contributed by atoms with Crippen LogP contribution in [0.1, 0.15) is 13.8 Å². The average Bonchev–Trinajstić information content (AvgIpc) is 1.67. The zero-order valence-electron chi connectivity index (χ0n) is 5.60. The molecule has 0 aromatic carbocycles. The molecule has 0 saturated carbocycles. The van der Waals surface area contributed by atoms with Crippen LogP contribution in [0, 0.1) is 0 Å². The summed E-state index contributed by atoms with van der Waals surface area (Å²) in [6, 6.07) is 0. The van der Waals surface area contributed by atoms with E-state index in [4.69, 9.17) is 28.3 Å². The van der Waals surface area contributed by atoms with Gasteiger partial charge in [-0.3, -0.25) is 0 Å². The lowest BCUT2D eigenvalue weighted by Crippen LogP contribution is -2.04. The molecule has 1 unspecified atom stereocenters. The fraction of sp³-hybridized carbons (Fsp3) is 1.00. The number of rotatable bonds is 2. The maximum absolute atomic E-state index is 8.33. The first-order valence-corrected chi connectivity index (χ1v) is 3.67. The largest absolute Gasteiger partial charge is 0.368 e. The van der Waals surface area contributed by atoms with Crippen LogP contribution in [0.15, 0.2) is 0 Å². The Bertz CT molecular complexity index is 41.9. The molecule has 58 valence electrons. The highest BCUT2D eigenvalue weighted by atomic mass is 35.5. The second-order valence-electron chi connectivity index (χ2n) is 1.16. The van der Waals surface area contributed by atoms with Crippen molar-refractivity contribution in [2.45, 2.75) is 20.1 Å². The lowest BCUT2D eigenvalue weighted by atomic mass is 10.7. The molecular formula is C5H12Cl2O2. The molecule has 0 fully saturated rings. The summed E-state index contributed by atoms with van der Waals surface area (Å²) < 4.78 is 4.60. The van der Waals surface area contributed by atoms with Gasteiger partial charge >= 0.3 is 0 Å². The van der Waals surface area contributed by atoms with Crippen molar-refractivity contribution in [2.75, 3.05) is 11.9 Å². The predicted molar refractivity (Wildman–Crippen MR) is 39.9 cm³/mol. The van der Waals surface area contributed by atoms with Crippen LogP contribution < -0.4 is 0 Å². The molecule has 0 heterocycles. The van der Waals surface area contributed by atoms with Crippen LogP contribution in [0.4, 0.5) is 0 Å². The van der Waals surface area contributed by atoms with Gasteiger partial charge in [0.15, 0.2) is 6.29 Å². The lowest BCUT2D eigenvalue weighted by Gasteiger charge is -1.99. The van der Waals surface area contributed by atoms with Crippen LogP contribution in [0.2, 0.25) is 0 Å². The third-order valence-electron chi connectivity index (χ3n) is 0.408. The fourth-order valence-electron chi connectivity index (χ4n) is 0.241. The number of hydrogen-bond acceptors (Lipinski definition) is 2. The molecule has 0 aliphatic carbocycles. The molecule has 0 radical (unpaired) electrons. The molecule has 4 heteroatoms. The van der Waals surface area contributed by atoms with Crippen molar-refractivity contribution in [3.63, 3.8) is 0 Å². The van der Waals surface area contributed by atoms with Crippen LogP contribution >= 0.6 is 23.2 Å². The molecule has 1 atom stereocenters. The number of aliphatic hydroxyl groups is 1. The summed E-state index contributed by atoms with van der Waals surface area (Å²) in [5, 5.41) is 8.52. The molecule has 1 N–H and O–H groups in total. The van der Waals surface area contributed by atoms with Crippen molar-refractivity contribution >= 4 is 23.2 Å². The molecule has 0 rings (SSSR count). The van der Waals surface area contributed by atoms with E-state index < -0.39 is 6.29 Å². The summed E-state index contributed by atoms with van der Waals surface area (Å²) >= 11 is 9.53. The third kappa shape index (κ3) is 29.3. The van der Waals surface area contributed by atoms with Gasteiger partial charge in [-0.25, -0.2) is 0 Å². The van der Waals surface area contributed by atoms with Gasteiger partial charge in [-0.05, 0) is 13.8 Å². The van der Waals surface area contributed by atoms with Gasteiger partial charge in [-0.1, -0.05) is 0 Å². The highest BCUT2D eigenvalue weighted by Crippen LogP contribution is 1.78. The molecule has 0 amide bonds. The zero-order valence-corrected chi connectivity index (χ0v) is 7.11. The van der Waals surface area contributed by atoms with Gasteiger partial charge in [-0.15, -0.1) is 23.2 Å². The van der Waals surface area contributed by atoms with Crippen LogP contribution in [0.25, 0.3) is 0 Å². The van der Waals surface area contributed by atoms with Crippen molar-refractivity contribution in [2.24, 2.45) is 0 Å². The van der Waals surface area contributed by atoms with Crippen molar-refractivity contribution in [3.05, 3.63) is 0 Å². The molecule has 2 nitrogen and oxygen atoms in total. The Hall–Kier alpha value is 0.500. The molecule has 0 aliphatic heterocycles. The number of alkyl halides is 2. The minimum Gasteiger partial charge on any atom is -0.368 e. The predicted octanol–water partition coefficient (Wildman–Crippen LogP) is 1.78. The Kier molecular flexibility index (Phi) is 15.3. The first-order valence-electron chi connectivity index (χ1n) is 2.60. The van der Waals surface area contributed by atoms with E-state index >= 15 is 0 Å². The molecule has 0 aliphatic rings. The van der Waals surface area contributed by atoms with Gasteiger partial charge in [0.1, 0.15) is 0 Å². The topological polar surface area (TPSA) is 29.5 Å². The van der Waals surface area contributed by atoms with E-state index in [1.807, 2.05) is 6.92 Å². The number of aliphatic hydroxyl groups excluding tert-OH is 1. The molecule has 9 heavy (non-hydrogen) atoms. The van der Waals surface area contributed by atoms with Gasteiger partial charge in [0.2, 0.25) is 0 Å². The molecule has 0 aromatic heterocycles. The van der Waals surface area contributed by atoms with E-state index in [1.54, 1.807) is 6.92 Å². The SMILES string of the molecule is CCOC(C)O.ClCCl. The molecule has 0 bridgehead atoms. The Balaban J connectivity index is 0. The highest BCUT2D eigenvalue weighted by Gasteiger charge is 1.85. The van der Waals surface area contributed by atoms with Crippen LogP contribution in [-0.2, 0) is 4.74 Å². The normalized spacial score (nSPS) is 11.7. The second kappa shape index (κ2) is 11.3. The number of ether oxygens (including phenoxy) is 1. The summed E-state index contributed by atoms with van der Waals surface area (Å²) in [4.78, 5) is 0. The van der Waals surface area contributed by atoms with Crippen LogP contribution in [0.3, 0.4) is 0 Å². The maximum atomic E-state index is 8.33. The highest BCUT2D eigenvalue weighted by molar-refractivity contribution is 6.40. The minimum atomic E-state index is -0.602. The standard InChI is InChI=1S/C4H10O2.CH2Cl2/c1-3-6-4(2)5;2-1-3/h4-5H,3H2,1-2H3;1H2. The Labute approximate surface area is 65.7 Å². The molecule has 0 spiro atoms. The van der Waals surface area contributed by atoms with Crippen LogP contribution in [0.5, 0.6) is 0 Å². The first kappa shape index (κ1) is 12.2. The second-order valence-corrected chi connectivity index (χ2v) is 1.96. The van der Waals surface area contributed by atoms with Gasteiger partial charge in [-0.2, -0.15) is 0 Å². The molecular weight excluding hydrogens is 163 g/mol. The van der Waals surface area contributed by atoms with Crippen LogP contribution in [-0.4, -0.2) is 23.3 Å². The van der Waals surface area contributed by atoms with Gasteiger partial charge < -0.3 is 9.84 Å². The molecule has 0 aromatic rings. The van der Waals surface area contributed by atoms with Crippen molar-refractivity contribution in [1.29, 1.82) is 0 Å².